The molecule has 0 saturated heterocycles. The van der Waals surface area contributed by atoms with Gasteiger partial charge in [-0.2, -0.15) is 0 Å². The number of hydrogen-bond acceptors (Lipinski definition) is 2. The summed E-state index contributed by atoms with van der Waals surface area (Å²) in [5, 5.41) is 0.524. The summed E-state index contributed by atoms with van der Waals surface area (Å²) in [5.41, 5.74) is 0.568. The number of nitrogens with zero attached hydrogens (tertiary/aromatic N) is 1. The first-order valence-electron chi connectivity index (χ1n) is 3.25. The molecule has 0 amide bonds. The largest absolute Gasteiger partial charge is 0.275 e. The van der Waals surface area contributed by atoms with Gasteiger partial charge in [0, 0.05) is 12.1 Å². The van der Waals surface area contributed by atoms with E-state index in [4.69, 9.17) is 11.6 Å². The zero-order chi connectivity index (χ0) is 9.14. The minimum Gasteiger partial charge on any atom is -0.275 e. The molecule has 1 aromatic carbocycles. The number of halogens is 1. The van der Waals surface area contributed by atoms with E-state index < -0.39 is 10.9 Å². The molecule has 0 saturated carbocycles. The van der Waals surface area contributed by atoms with Crippen LogP contribution in [0.25, 0.3) is 0 Å². The van der Waals surface area contributed by atoms with Crippen molar-refractivity contribution in [1.82, 2.24) is 0 Å². The summed E-state index contributed by atoms with van der Waals surface area (Å²) < 4.78 is 22.2. The van der Waals surface area contributed by atoms with E-state index in [2.05, 4.69) is 0 Å². The lowest BCUT2D eigenvalue weighted by molar-refractivity contribution is 0.613. The Kier molecular flexibility index (Phi) is 2.94. The van der Waals surface area contributed by atoms with Gasteiger partial charge in [-0.3, -0.25) is 4.31 Å². The molecule has 0 atom stereocenters. The Morgan fingerprint density at radius 3 is 2.58 bits per heavy atom. The molecular formula is C7H8ClNO2S. The van der Waals surface area contributed by atoms with Crippen molar-refractivity contribution in [2.45, 2.75) is 0 Å². The molecule has 0 spiro atoms. The van der Waals surface area contributed by atoms with Crippen LogP contribution in [0.4, 0.5) is 5.69 Å². The van der Waals surface area contributed by atoms with E-state index in [1.54, 1.807) is 24.3 Å². The molecule has 66 valence electrons. The minimum atomic E-state index is -2.58. The molecule has 0 aromatic heterocycles. The van der Waals surface area contributed by atoms with Crippen molar-refractivity contribution in [2.75, 3.05) is 11.4 Å². The molecule has 1 rings (SSSR count). The van der Waals surface area contributed by atoms with Crippen LogP contribution < -0.4 is 4.31 Å². The average molecular weight is 206 g/mol. The van der Waals surface area contributed by atoms with Crippen LogP contribution in [0.3, 0.4) is 0 Å². The Morgan fingerprint density at radius 1 is 1.42 bits per heavy atom. The predicted octanol–water partition coefficient (Wildman–Crippen LogP) is 1.30. The maximum absolute atomic E-state index is 10.5. The summed E-state index contributed by atoms with van der Waals surface area (Å²) in [4.78, 5) is 0. The molecule has 0 fully saturated rings. The summed E-state index contributed by atoms with van der Waals surface area (Å²) in [6, 6.07) is 6.66. The van der Waals surface area contributed by atoms with E-state index in [1.165, 1.54) is 7.05 Å². The number of hydrogen-bond donors (Lipinski definition) is 1. The van der Waals surface area contributed by atoms with E-state index in [1.807, 2.05) is 0 Å². The van der Waals surface area contributed by atoms with Gasteiger partial charge in [0.15, 0.2) is 0 Å². The number of anilines is 1. The quantitative estimate of drug-likeness (QED) is 0.740. The van der Waals surface area contributed by atoms with Crippen LogP contribution in [-0.4, -0.2) is 15.5 Å². The molecule has 0 heterocycles. The number of benzene rings is 1. The van der Waals surface area contributed by atoms with Crippen molar-refractivity contribution in [3.8, 4) is 0 Å². The summed E-state index contributed by atoms with van der Waals surface area (Å²) >= 11 is 5.67. The van der Waals surface area contributed by atoms with Crippen LogP contribution in [0.1, 0.15) is 0 Å². The monoisotopic (exact) mass is 205 g/mol. The first kappa shape index (κ1) is 9.35. The van der Waals surface area contributed by atoms with E-state index in [-0.39, 0.29) is 0 Å². The highest BCUT2D eigenvalue weighted by atomic mass is 35.5. The molecule has 12 heavy (non-hydrogen) atoms. The summed E-state index contributed by atoms with van der Waals surface area (Å²) in [7, 11) is -1.11. The third kappa shape index (κ3) is 2.12. The number of rotatable bonds is 2. The van der Waals surface area contributed by atoms with Gasteiger partial charge >= 0.3 is 0 Å². The molecule has 1 aromatic rings. The van der Waals surface area contributed by atoms with Crippen LogP contribution in [0.15, 0.2) is 24.3 Å². The Morgan fingerprint density at radius 2 is 2.08 bits per heavy atom. The molecule has 0 radical (unpaired) electrons. The smallest absolute Gasteiger partial charge is 0.224 e. The molecule has 3 nitrogen and oxygen atoms in total. The zero-order valence-electron chi connectivity index (χ0n) is 6.40. The van der Waals surface area contributed by atoms with Gasteiger partial charge in [0.1, 0.15) is 0 Å². The van der Waals surface area contributed by atoms with Crippen LogP contribution in [0.5, 0.6) is 0 Å². The topological polar surface area (TPSA) is 37.4 Å². The van der Waals surface area contributed by atoms with Crippen molar-refractivity contribution in [3.63, 3.8) is 0 Å². The maximum Gasteiger partial charge on any atom is 0.224 e. The molecule has 5 heteroatoms. The normalized spacial score (nSPS) is 10.2. The van der Waals surface area contributed by atoms with Gasteiger partial charge in [-0.05, 0) is 18.2 Å². The van der Waals surface area contributed by atoms with Gasteiger partial charge in [-0.15, -0.1) is 0 Å². The summed E-state index contributed by atoms with van der Waals surface area (Å²) in [6.45, 7) is 0. The molecule has 0 N–H and O–H groups in total. The van der Waals surface area contributed by atoms with Crippen molar-refractivity contribution < 1.29 is 8.42 Å². The third-order valence-electron chi connectivity index (χ3n) is 1.43. The number of thiol groups is 1. The fraction of sp³-hybridized carbons (Fsp3) is 0.143. The Balaban J connectivity index is 3.03. The summed E-state index contributed by atoms with van der Waals surface area (Å²) in [6.07, 6.45) is 0. The standard InChI is InChI=1S/C7H8ClNO2S/c1-9(12(10)11)7-4-2-3-6(8)5-7/h2-5,12H,1H3. The molecule has 0 unspecified atom stereocenters. The highest BCUT2D eigenvalue weighted by Gasteiger charge is 2.00. The van der Waals surface area contributed by atoms with Crippen LogP contribution in [0, 0.1) is 0 Å². The fourth-order valence-corrected chi connectivity index (χ4v) is 1.27. The van der Waals surface area contributed by atoms with Crippen molar-refractivity contribution in [1.29, 1.82) is 0 Å². The van der Waals surface area contributed by atoms with Gasteiger partial charge in [0.2, 0.25) is 10.9 Å². The second-order valence-corrected chi connectivity index (χ2v) is 3.75. The van der Waals surface area contributed by atoms with Crippen LogP contribution in [-0.2, 0) is 10.9 Å². The van der Waals surface area contributed by atoms with Crippen LogP contribution in [0.2, 0.25) is 5.02 Å². The second kappa shape index (κ2) is 3.78. The van der Waals surface area contributed by atoms with E-state index in [0.717, 1.165) is 4.31 Å². The first-order chi connectivity index (χ1) is 5.61. The predicted molar refractivity (Wildman–Crippen MR) is 50.2 cm³/mol. The van der Waals surface area contributed by atoms with Crippen LogP contribution >= 0.6 is 11.6 Å². The van der Waals surface area contributed by atoms with Gasteiger partial charge in [0.05, 0.1) is 5.69 Å². The highest BCUT2D eigenvalue weighted by molar-refractivity contribution is 7.74. The zero-order valence-corrected chi connectivity index (χ0v) is 8.05. The fourth-order valence-electron chi connectivity index (χ4n) is 0.772. The molecule has 0 bridgehead atoms. The Bertz CT molecular complexity index is 343. The molecular weight excluding hydrogens is 198 g/mol. The lowest BCUT2D eigenvalue weighted by Crippen LogP contribution is -2.13. The summed E-state index contributed by atoms with van der Waals surface area (Å²) in [5.74, 6) is 0. The van der Waals surface area contributed by atoms with Gasteiger partial charge in [-0.1, -0.05) is 17.7 Å². The molecule has 0 aliphatic carbocycles. The van der Waals surface area contributed by atoms with Crippen molar-refractivity contribution >= 4 is 28.2 Å². The van der Waals surface area contributed by atoms with E-state index in [9.17, 15) is 8.42 Å². The molecule has 0 aliphatic rings. The van der Waals surface area contributed by atoms with E-state index >= 15 is 0 Å². The first-order valence-corrected chi connectivity index (χ1v) is 4.75. The minimum absolute atomic E-state index is 0.524. The lowest BCUT2D eigenvalue weighted by Gasteiger charge is -2.10. The average Bonchev–Trinajstić information content (AvgIpc) is 2.03. The van der Waals surface area contributed by atoms with Crippen molar-refractivity contribution in [3.05, 3.63) is 29.3 Å². The lowest BCUT2D eigenvalue weighted by atomic mass is 10.3. The van der Waals surface area contributed by atoms with Gasteiger partial charge in [0.25, 0.3) is 0 Å². The second-order valence-electron chi connectivity index (χ2n) is 2.24. The maximum atomic E-state index is 10.5. The van der Waals surface area contributed by atoms with Gasteiger partial charge < -0.3 is 0 Å². The third-order valence-corrected chi connectivity index (χ3v) is 2.38. The Labute approximate surface area is 77.7 Å². The van der Waals surface area contributed by atoms with E-state index in [0.29, 0.717) is 10.7 Å². The van der Waals surface area contributed by atoms with Gasteiger partial charge in [-0.25, -0.2) is 8.42 Å². The molecule has 0 aliphatic heterocycles. The SMILES string of the molecule is CN(c1cccc(Cl)c1)[SH](=O)=O. The van der Waals surface area contributed by atoms with Crippen molar-refractivity contribution in [2.24, 2.45) is 0 Å². The highest BCUT2D eigenvalue weighted by Crippen LogP contribution is 2.17. The Hall–Kier alpha value is -0.740.